The van der Waals surface area contributed by atoms with Gasteiger partial charge in [-0.15, -0.1) is 0 Å². The van der Waals surface area contributed by atoms with Gasteiger partial charge in [0.1, 0.15) is 5.75 Å². The van der Waals surface area contributed by atoms with Crippen LogP contribution in [0.15, 0.2) is 46.9 Å². The van der Waals surface area contributed by atoms with Gasteiger partial charge in [-0.3, -0.25) is 0 Å². The summed E-state index contributed by atoms with van der Waals surface area (Å²) < 4.78 is 16.5. The summed E-state index contributed by atoms with van der Waals surface area (Å²) in [4.78, 5) is 11.8. The third kappa shape index (κ3) is 3.43. The van der Waals surface area contributed by atoms with Gasteiger partial charge in [0, 0.05) is 10.5 Å². The van der Waals surface area contributed by atoms with Gasteiger partial charge in [-0.25, -0.2) is 4.79 Å². The fourth-order valence-corrected chi connectivity index (χ4v) is 2.59. The Kier molecular flexibility index (Phi) is 4.36. The van der Waals surface area contributed by atoms with E-state index in [0.29, 0.717) is 22.3 Å². The Morgan fingerprint density at radius 2 is 2.00 bits per heavy atom. The molecular weight excluding hydrogens is 372 g/mol. The molecule has 3 rings (SSSR count). The van der Waals surface area contributed by atoms with Gasteiger partial charge in [0.05, 0.1) is 5.02 Å². The molecule has 0 atom stereocenters. The number of fused-ring (bicyclic) bond motifs is 1. The maximum absolute atomic E-state index is 11.8. The van der Waals surface area contributed by atoms with Gasteiger partial charge in [-0.1, -0.05) is 33.6 Å². The summed E-state index contributed by atoms with van der Waals surface area (Å²) in [6.45, 7) is 0.215. The largest absolute Gasteiger partial charge is 0.454 e. The molecule has 0 radical (unpaired) electrons. The van der Waals surface area contributed by atoms with E-state index in [9.17, 15) is 4.79 Å². The van der Waals surface area contributed by atoms with E-state index in [1.807, 2.05) is 6.07 Å². The zero-order valence-corrected chi connectivity index (χ0v) is 13.6. The molecule has 2 aromatic rings. The number of benzene rings is 2. The van der Waals surface area contributed by atoms with Gasteiger partial charge in [0.15, 0.2) is 11.5 Å². The average molecular weight is 382 g/mol. The van der Waals surface area contributed by atoms with Crippen molar-refractivity contribution in [2.45, 2.75) is 0 Å². The predicted molar refractivity (Wildman–Crippen MR) is 86.4 cm³/mol. The first-order valence-electron chi connectivity index (χ1n) is 6.36. The van der Waals surface area contributed by atoms with E-state index in [1.165, 1.54) is 6.08 Å². The second-order valence-electron chi connectivity index (χ2n) is 4.44. The van der Waals surface area contributed by atoms with E-state index in [-0.39, 0.29) is 6.79 Å². The van der Waals surface area contributed by atoms with Gasteiger partial charge in [0.25, 0.3) is 0 Å². The lowest BCUT2D eigenvalue weighted by atomic mass is 10.2. The highest BCUT2D eigenvalue weighted by molar-refractivity contribution is 9.10. The maximum atomic E-state index is 11.8. The van der Waals surface area contributed by atoms with E-state index in [1.54, 1.807) is 36.4 Å². The molecule has 0 aliphatic carbocycles. The highest BCUT2D eigenvalue weighted by Gasteiger charge is 2.12. The van der Waals surface area contributed by atoms with Crippen LogP contribution in [0.1, 0.15) is 5.56 Å². The van der Waals surface area contributed by atoms with Gasteiger partial charge >= 0.3 is 5.97 Å². The number of ether oxygens (including phenoxy) is 3. The zero-order chi connectivity index (χ0) is 15.5. The minimum atomic E-state index is -0.512. The molecule has 0 N–H and O–H groups in total. The molecule has 6 heteroatoms. The van der Waals surface area contributed by atoms with Crippen molar-refractivity contribution < 1.29 is 19.0 Å². The molecule has 0 aromatic heterocycles. The summed E-state index contributed by atoms with van der Waals surface area (Å²) >= 11 is 9.28. The predicted octanol–water partition coefficient (Wildman–Crippen LogP) is 4.45. The van der Waals surface area contributed by atoms with Crippen molar-refractivity contribution in [1.29, 1.82) is 0 Å². The standard InChI is InChI=1S/C16H10BrClO4/c17-11-3-5-13(12(18)8-11)22-16(19)6-2-10-1-4-14-15(7-10)21-9-20-14/h1-8H,9H2. The van der Waals surface area contributed by atoms with Crippen molar-refractivity contribution in [3.8, 4) is 17.2 Å². The molecule has 0 unspecified atom stereocenters. The third-order valence-electron chi connectivity index (χ3n) is 2.91. The molecule has 1 aliphatic rings. The maximum Gasteiger partial charge on any atom is 0.336 e. The van der Waals surface area contributed by atoms with E-state index in [2.05, 4.69) is 15.9 Å². The molecule has 0 bridgehead atoms. The zero-order valence-electron chi connectivity index (χ0n) is 11.2. The van der Waals surface area contributed by atoms with E-state index >= 15 is 0 Å². The average Bonchev–Trinajstić information content (AvgIpc) is 2.95. The van der Waals surface area contributed by atoms with Crippen LogP contribution >= 0.6 is 27.5 Å². The molecule has 1 aliphatic heterocycles. The SMILES string of the molecule is O=C(C=Cc1ccc2c(c1)OCO2)Oc1ccc(Br)cc1Cl. The molecule has 112 valence electrons. The highest BCUT2D eigenvalue weighted by atomic mass is 79.9. The lowest BCUT2D eigenvalue weighted by molar-refractivity contribution is -0.128. The van der Waals surface area contributed by atoms with Gasteiger partial charge in [-0.05, 0) is 42.0 Å². The monoisotopic (exact) mass is 380 g/mol. The van der Waals surface area contributed by atoms with Crippen molar-refractivity contribution in [3.05, 3.63) is 57.5 Å². The Labute approximate surface area is 140 Å². The molecule has 0 amide bonds. The van der Waals surface area contributed by atoms with Crippen LogP contribution in [-0.4, -0.2) is 12.8 Å². The van der Waals surface area contributed by atoms with E-state index < -0.39 is 5.97 Å². The Morgan fingerprint density at radius 3 is 2.82 bits per heavy atom. The summed E-state index contributed by atoms with van der Waals surface area (Å²) in [5, 5.41) is 0.360. The van der Waals surface area contributed by atoms with E-state index in [0.717, 1.165) is 10.0 Å². The molecule has 0 saturated heterocycles. The summed E-state index contributed by atoms with van der Waals surface area (Å²) in [7, 11) is 0. The summed E-state index contributed by atoms with van der Waals surface area (Å²) in [5.74, 6) is 1.15. The molecule has 22 heavy (non-hydrogen) atoms. The van der Waals surface area contributed by atoms with Crippen LogP contribution in [0, 0.1) is 0 Å². The molecule has 2 aromatic carbocycles. The topological polar surface area (TPSA) is 44.8 Å². The van der Waals surface area contributed by atoms with Crippen LogP contribution in [0.4, 0.5) is 0 Å². The first-order chi connectivity index (χ1) is 10.6. The van der Waals surface area contributed by atoms with Crippen molar-refractivity contribution in [2.75, 3.05) is 6.79 Å². The highest BCUT2D eigenvalue weighted by Crippen LogP contribution is 2.33. The van der Waals surface area contributed by atoms with Crippen molar-refractivity contribution in [2.24, 2.45) is 0 Å². The Hall–Kier alpha value is -1.98. The lowest BCUT2D eigenvalue weighted by Gasteiger charge is -2.04. The second kappa shape index (κ2) is 6.42. The van der Waals surface area contributed by atoms with E-state index in [4.69, 9.17) is 25.8 Å². The summed E-state index contributed by atoms with van der Waals surface area (Å²) in [6, 6.07) is 10.4. The Morgan fingerprint density at radius 1 is 1.18 bits per heavy atom. The lowest BCUT2D eigenvalue weighted by Crippen LogP contribution is -2.03. The van der Waals surface area contributed by atoms with Crippen LogP contribution in [0.3, 0.4) is 0 Å². The normalized spacial score (nSPS) is 12.6. The number of carbonyl (C=O) groups excluding carboxylic acids is 1. The molecule has 0 saturated carbocycles. The van der Waals surface area contributed by atoms with Crippen molar-refractivity contribution in [1.82, 2.24) is 0 Å². The fraction of sp³-hybridized carbons (Fsp3) is 0.0625. The second-order valence-corrected chi connectivity index (χ2v) is 5.76. The fourth-order valence-electron chi connectivity index (χ4n) is 1.88. The molecule has 1 heterocycles. The smallest absolute Gasteiger partial charge is 0.336 e. The number of rotatable bonds is 3. The number of hydrogen-bond acceptors (Lipinski definition) is 4. The van der Waals surface area contributed by atoms with Gasteiger partial charge < -0.3 is 14.2 Å². The quantitative estimate of drug-likeness (QED) is 0.448. The third-order valence-corrected chi connectivity index (χ3v) is 3.70. The molecule has 0 fully saturated rings. The first-order valence-corrected chi connectivity index (χ1v) is 7.53. The Bertz CT molecular complexity index is 758. The Balaban J connectivity index is 1.68. The van der Waals surface area contributed by atoms with Gasteiger partial charge in [-0.2, -0.15) is 0 Å². The number of carbonyl (C=O) groups is 1. The van der Waals surface area contributed by atoms with Crippen LogP contribution in [0.2, 0.25) is 5.02 Å². The first kappa shape index (κ1) is 14.9. The molecular formula is C16H10BrClO4. The number of halogens is 2. The minimum Gasteiger partial charge on any atom is -0.454 e. The van der Waals surface area contributed by atoms with Crippen LogP contribution in [0.5, 0.6) is 17.2 Å². The number of esters is 1. The molecule has 4 nitrogen and oxygen atoms in total. The number of hydrogen-bond donors (Lipinski definition) is 0. The molecule has 0 spiro atoms. The van der Waals surface area contributed by atoms with Gasteiger partial charge in [0.2, 0.25) is 6.79 Å². The van der Waals surface area contributed by atoms with Crippen LogP contribution < -0.4 is 14.2 Å². The van der Waals surface area contributed by atoms with Crippen LogP contribution in [-0.2, 0) is 4.79 Å². The van der Waals surface area contributed by atoms with Crippen molar-refractivity contribution >= 4 is 39.6 Å². The summed E-state index contributed by atoms with van der Waals surface area (Å²) in [5.41, 5.74) is 0.808. The minimum absolute atomic E-state index is 0.215. The van der Waals surface area contributed by atoms with Crippen molar-refractivity contribution in [3.63, 3.8) is 0 Å². The van der Waals surface area contributed by atoms with Crippen LogP contribution in [0.25, 0.3) is 6.08 Å². The summed E-state index contributed by atoms with van der Waals surface area (Å²) in [6.07, 6.45) is 2.97.